The monoisotopic (exact) mass is 227 g/mol. The van der Waals surface area contributed by atoms with E-state index in [9.17, 15) is 4.79 Å². The van der Waals surface area contributed by atoms with Crippen LogP contribution in [0.1, 0.15) is 5.56 Å². The first kappa shape index (κ1) is 10.9. The van der Waals surface area contributed by atoms with Crippen LogP contribution in [0.15, 0.2) is 35.3 Å². The fourth-order valence-corrected chi connectivity index (χ4v) is 1.46. The standard InChI is InChI=1S/C12H9N3O2/c1-17-10-4-2-8(3-5-10)11-9(6-13)7-14-12(16)15-11/h2-5,7H,1H3,(H,14,15,16). The van der Waals surface area contributed by atoms with Crippen molar-refractivity contribution in [2.75, 3.05) is 7.11 Å². The molecule has 2 aromatic rings. The Hall–Kier alpha value is -2.61. The minimum Gasteiger partial charge on any atom is -0.497 e. The Bertz CT molecular complexity index is 623. The van der Waals surface area contributed by atoms with Crippen LogP contribution in [0, 0.1) is 11.3 Å². The zero-order valence-corrected chi connectivity index (χ0v) is 9.10. The number of rotatable bonds is 2. The SMILES string of the molecule is COc1ccc(-c2[nH]c(=O)ncc2C#N)cc1. The summed E-state index contributed by atoms with van der Waals surface area (Å²) < 4.78 is 5.04. The van der Waals surface area contributed by atoms with Crippen LogP contribution in [-0.4, -0.2) is 17.1 Å². The predicted molar refractivity (Wildman–Crippen MR) is 61.6 cm³/mol. The summed E-state index contributed by atoms with van der Waals surface area (Å²) in [5.41, 5.74) is 1.06. The highest BCUT2D eigenvalue weighted by atomic mass is 16.5. The lowest BCUT2D eigenvalue weighted by Crippen LogP contribution is -2.11. The number of nitrogens with one attached hydrogen (secondary N) is 1. The number of ether oxygens (including phenoxy) is 1. The molecule has 1 N–H and O–H groups in total. The van der Waals surface area contributed by atoms with Crippen LogP contribution < -0.4 is 10.4 Å². The lowest BCUT2D eigenvalue weighted by Gasteiger charge is -2.04. The van der Waals surface area contributed by atoms with E-state index in [2.05, 4.69) is 9.97 Å². The van der Waals surface area contributed by atoms with Crippen LogP contribution in [0.4, 0.5) is 0 Å². The van der Waals surface area contributed by atoms with Gasteiger partial charge in [-0.15, -0.1) is 0 Å². The van der Waals surface area contributed by atoms with E-state index in [-0.39, 0.29) is 0 Å². The lowest BCUT2D eigenvalue weighted by atomic mass is 10.1. The van der Waals surface area contributed by atoms with Gasteiger partial charge in [0.25, 0.3) is 0 Å². The fraction of sp³-hybridized carbons (Fsp3) is 0.0833. The van der Waals surface area contributed by atoms with Crippen molar-refractivity contribution in [3.05, 3.63) is 46.5 Å². The van der Waals surface area contributed by atoms with Crippen LogP contribution in [-0.2, 0) is 0 Å². The molecule has 5 heteroatoms. The molecule has 1 aromatic carbocycles. The Morgan fingerprint density at radius 3 is 2.65 bits per heavy atom. The molecule has 0 unspecified atom stereocenters. The molecule has 0 fully saturated rings. The van der Waals surface area contributed by atoms with Crippen LogP contribution in [0.25, 0.3) is 11.3 Å². The third-order valence-electron chi connectivity index (χ3n) is 2.31. The Labute approximate surface area is 97.3 Å². The first-order valence-electron chi connectivity index (χ1n) is 4.88. The van der Waals surface area contributed by atoms with Gasteiger partial charge in [0, 0.05) is 0 Å². The molecule has 0 aliphatic rings. The molecule has 2 rings (SSSR count). The van der Waals surface area contributed by atoms with Crippen LogP contribution in [0.5, 0.6) is 5.75 Å². The molecule has 5 nitrogen and oxygen atoms in total. The molecular formula is C12H9N3O2. The van der Waals surface area contributed by atoms with Crippen molar-refractivity contribution < 1.29 is 4.74 Å². The maximum atomic E-state index is 11.2. The highest BCUT2D eigenvalue weighted by molar-refractivity contribution is 5.66. The summed E-state index contributed by atoms with van der Waals surface area (Å²) >= 11 is 0. The van der Waals surface area contributed by atoms with Crippen molar-refractivity contribution in [3.8, 4) is 23.1 Å². The highest BCUT2D eigenvalue weighted by Gasteiger charge is 2.06. The Morgan fingerprint density at radius 1 is 1.35 bits per heavy atom. The molecule has 1 heterocycles. The molecule has 0 aliphatic carbocycles. The van der Waals surface area contributed by atoms with E-state index in [1.165, 1.54) is 6.20 Å². The zero-order valence-electron chi connectivity index (χ0n) is 9.10. The molecule has 17 heavy (non-hydrogen) atoms. The molecular weight excluding hydrogens is 218 g/mol. The minimum atomic E-state index is -0.477. The number of aromatic nitrogens is 2. The van der Waals surface area contributed by atoms with Gasteiger partial charge in [-0.25, -0.2) is 9.78 Å². The molecule has 0 amide bonds. The van der Waals surface area contributed by atoms with E-state index in [1.54, 1.807) is 31.4 Å². The van der Waals surface area contributed by atoms with Crippen molar-refractivity contribution in [1.29, 1.82) is 5.26 Å². The summed E-state index contributed by atoms with van der Waals surface area (Å²) in [7, 11) is 1.57. The molecule has 0 aliphatic heterocycles. The van der Waals surface area contributed by atoms with Gasteiger partial charge in [0.2, 0.25) is 0 Å². The van der Waals surface area contributed by atoms with Crippen molar-refractivity contribution in [2.45, 2.75) is 0 Å². The van der Waals surface area contributed by atoms with E-state index >= 15 is 0 Å². The van der Waals surface area contributed by atoms with Gasteiger partial charge in [0.1, 0.15) is 11.8 Å². The summed E-state index contributed by atoms with van der Waals surface area (Å²) in [5.74, 6) is 0.712. The zero-order chi connectivity index (χ0) is 12.3. The van der Waals surface area contributed by atoms with E-state index in [0.717, 1.165) is 5.56 Å². The number of H-pyrrole nitrogens is 1. The molecule has 0 bridgehead atoms. The molecule has 1 aromatic heterocycles. The summed E-state index contributed by atoms with van der Waals surface area (Å²) in [6, 6.07) is 9.04. The van der Waals surface area contributed by atoms with E-state index in [1.807, 2.05) is 6.07 Å². The van der Waals surface area contributed by atoms with E-state index in [4.69, 9.17) is 10.00 Å². The second-order valence-corrected chi connectivity index (χ2v) is 3.32. The van der Waals surface area contributed by atoms with Crippen molar-refractivity contribution in [2.24, 2.45) is 0 Å². The normalized spacial score (nSPS) is 9.65. The Balaban J connectivity index is 2.55. The topological polar surface area (TPSA) is 78.8 Å². The summed E-state index contributed by atoms with van der Waals surface area (Å²) in [4.78, 5) is 17.2. The maximum Gasteiger partial charge on any atom is 0.345 e. The Kier molecular flexibility index (Phi) is 2.88. The van der Waals surface area contributed by atoms with Gasteiger partial charge in [-0.1, -0.05) is 0 Å². The number of aromatic amines is 1. The second-order valence-electron chi connectivity index (χ2n) is 3.32. The number of nitrogens with zero attached hydrogens (tertiary/aromatic N) is 2. The van der Waals surface area contributed by atoms with Gasteiger partial charge in [0.15, 0.2) is 0 Å². The molecule has 0 atom stereocenters. The molecule has 0 spiro atoms. The largest absolute Gasteiger partial charge is 0.497 e. The van der Waals surface area contributed by atoms with Gasteiger partial charge >= 0.3 is 5.69 Å². The van der Waals surface area contributed by atoms with Gasteiger partial charge in [0.05, 0.1) is 24.6 Å². The number of methoxy groups -OCH3 is 1. The first-order valence-corrected chi connectivity index (χ1v) is 4.88. The minimum absolute atomic E-state index is 0.328. The summed E-state index contributed by atoms with van der Waals surface area (Å²) in [6.45, 7) is 0. The fourth-order valence-electron chi connectivity index (χ4n) is 1.46. The summed E-state index contributed by atoms with van der Waals surface area (Å²) in [5, 5.41) is 8.93. The highest BCUT2D eigenvalue weighted by Crippen LogP contribution is 2.21. The average molecular weight is 227 g/mol. The predicted octanol–water partition coefficient (Wildman–Crippen LogP) is 1.32. The second kappa shape index (κ2) is 4.49. The smallest absolute Gasteiger partial charge is 0.345 e. The van der Waals surface area contributed by atoms with Gasteiger partial charge in [-0.3, -0.25) is 0 Å². The maximum absolute atomic E-state index is 11.2. The Morgan fingerprint density at radius 2 is 2.06 bits per heavy atom. The van der Waals surface area contributed by atoms with Gasteiger partial charge in [-0.2, -0.15) is 5.26 Å². The number of benzene rings is 1. The van der Waals surface area contributed by atoms with E-state index < -0.39 is 5.69 Å². The summed E-state index contributed by atoms with van der Waals surface area (Å²) in [6.07, 6.45) is 1.26. The number of hydrogen-bond acceptors (Lipinski definition) is 4. The third-order valence-corrected chi connectivity index (χ3v) is 2.31. The quantitative estimate of drug-likeness (QED) is 0.839. The van der Waals surface area contributed by atoms with Gasteiger partial charge < -0.3 is 9.72 Å². The third kappa shape index (κ3) is 2.16. The first-order chi connectivity index (χ1) is 8.24. The van der Waals surface area contributed by atoms with Crippen molar-refractivity contribution in [3.63, 3.8) is 0 Å². The molecule has 0 radical (unpaired) electrons. The average Bonchev–Trinajstić information content (AvgIpc) is 2.39. The van der Waals surface area contributed by atoms with Crippen LogP contribution in [0.2, 0.25) is 0 Å². The van der Waals surface area contributed by atoms with Crippen molar-refractivity contribution in [1.82, 2.24) is 9.97 Å². The molecule has 0 saturated heterocycles. The van der Waals surface area contributed by atoms with Crippen LogP contribution in [0.3, 0.4) is 0 Å². The number of nitriles is 1. The number of hydrogen-bond donors (Lipinski definition) is 1. The van der Waals surface area contributed by atoms with E-state index in [0.29, 0.717) is 17.0 Å². The molecule has 0 saturated carbocycles. The molecule has 84 valence electrons. The van der Waals surface area contributed by atoms with Crippen molar-refractivity contribution >= 4 is 0 Å². The van der Waals surface area contributed by atoms with Crippen LogP contribution >= 0.6 is 0 Å². The lowest BCUT2D eigenvalue weighted by molar-refractivity contribution is 0.415. The van der Waals surface area contributed by atoms with Gasteiger partial charge in [-0.05, 0) is 29.8 Å².